The van der Waals surface area contributed by atoms with Crippen LogP contribution < -0.4 is 10.2 Å². The molecular weight excluding hydrogens is 272 g/mol. The third-order valence-corrected chi connectivity index (χ3v) is 3.64. The zero-order valence-corrected chi connectivity index (χ0v) is 12.3. The molecule has 1 aliphatic heterocycles. The molecule has 0 aromatic heterocycles. The number of nitrogens with zero attached hydrogens (tertiary/aromatic N) is 3. The van der Waals surface area contributed by atoms with Crippen LogP contribution in [-0.2, 0) is 4.79 Å². The monoisotopic (exact) mass is 292 g/mol. The molecule has 1 aromatic rings. The summed E-state index contributed by atoms with van der Waals surface area (Å²) in [5.74, 6) is -0.00319. The first kappa shape index (κ1) is 15.2. The summed E-state index contributed by atoms with van der Waals surface area (Å²) in [5.41, 5.74) is 1.33. The second-order valence-electron chi connectivity index (χ2n) is 5.19. The van der Waals surface area contributed by atoms with Crippen LogP contribution in [-0.4, -0.2) is 55.5 Å². The van der Waals surface area contributed by atoms with E-state index in [0.29, 0.717) is 18.8 Å². The molecule has 114 valence electrons. The minimum atomic E-state index is -0.409. The van der Waals surface area contributed by atoms with Gasteiger partial charge in [0.15, 0.2) is 0 Å². The Hall–Kier alpha value is -2.15. The molecule has 21 heavy (non-hydrogen) atoms. The van der Waals surface area contributed by atoms with E-state index in [1.54, 1.807) is 22.9 Å². The van der Waals surface area contributed by atoms with Gasteiger partial charge in [-0.15, -0.1) is 0 Å². The highest BCUT2D eigenvalue weighted by Crippen LogP contribution is 2.30. The molecule has 7 heteroatoms. The third-order valence-electron chi connectivity index (χ3n) is 3.64. The largest absolute Gasteiger partial charge is 0.360 e. The number of hydrogen-bond acceptors (Lipinski definition) is 5. The second-order valence-corrected chi connectivity index (χ2v) is 5.19. The number of likely N-dealkylation sites (N-methyl/N-ethyl adjacent to an activating group) is 1. The van der Waals surface area contributed by atoms with Gasteiger partial charge in [-0.1, -0.05) is 12.1 Å². The number of piperazine rings is 1. The lowest BCUT2D eigenvalue weighted by molar-refractivity contribution is -0.384. The summed E-state index contributed by atoms with van der Waals surface area (Å²) in [6, 6.07) is 4.94. The number of nitro benzene ring substituents is 1. The average Bonchev–Trinajstić information content (AvgIpc) is 2.47. The van der Waals surface area contributed by atoms with E-state index < -0.39 is 4.92 Å². The standard InChI is InChI=1S/C14H20N4O3/c1-11-4-3-5-12(18(20)21)14(11)16(2)10-13(19)17-8-6-15-7-9-17/h3-5,15H,6-10H2,1-2H3. The van der Waals surface area contributed by atoms with E-state index in [2.05, 4.69) is 5.32 Å². The number of carbonyl (C=O) groups is 1. The van der Waals surface area contributed by atoms with Crippen molar-refractivity contribution < 1.29 is 9.72 Å². The summed E-state index contributed by atoms with van der Waals surface area (Å²) in [6.45, 7) is 4.91. The van der Waals surface area contributed by atoms with E-state index in [1.807, 2.05) is 13.0 Å². The lowest BCUT2D eigenvalue weighted by atomic mass is 10.1. The molecule has 0 unspecified atom stereocenters. The van der Waals surface area contributed by atoms with Crippen LogP contribution in [0.2, 0.25) is 0 Å². The first-order valence-electron chi connectivity index (χ1n) is 6.94. The minimum absolute atomic E-state index is 0.00319. The molecule has 0 spiro atoms. The molecule has 1 N–H and O–H groups in total. The Morgan fingerprint density at radius 3 is 2.71 bits per heavy atom. The molecule has 0 atom stereocenters. The SMILES string of the molecule is Cc1cccc([N+](=O)[O-])c1N(C)CC(=O)N1CCNCC1. The van der Waals surface area contributed by atoms with Crippen LogP contribution >= 0.6 is 0 Å². The second kappa shape index (κ2) is 6.53. The van der Waals surface area contributed by atoms with E-state index in [1.165, 1.54) is 6.07 Å². The van der Waals surface area contributed by atoms with Gasteiger partial charge in [0.1, 0.15) is 5.69 Å². The quantitative estimate of drug-likeness (QED) is 0.655. The predicted molar refractivity (Wildman–Crippen MR) is 80.6 cm³/mol. The predicted octanol–water partition coefficient (Wildman–Crippen LogP) is 0.771. The Bertz CT molecular complexity index is 541. The van der Waals surface area contributed by atoms with Gasteiger partial charge in [-0.3, -0.25) is 14.9 Å². The van der Waals surface area contributed by atoms with Gasteiger partial charge in [0.25, 0.3) is 5.69 Å². The van der Waals surface area contributed by atoms with Crippen LogP contribution in [0.25, 0.3) is 0 Å². The van der Waals surface area contributed by atoms with Gasteiger partial charge in [-0.25, -0.2) is 0 Å². The molecule has 1 aromatic carbocycles. The van der Waals surface area contributed by atoms with E-state index >= 15 is 0 Å². The Morgan fingerprint density at radius 1 is 1.43 bits per heavy atom. The number of anilines is 1. The average molecular weight is 292 g/mol. The highest BCUT2D eigenvalue weighted by atomic mass is 16.6. The van der Waals surface area contributed by atoms with Crippen molar-refractivity contribution in [2.45, 2.75) is 6.92 Å². The van der Waals surface area contributed by atoms with Crippen molar-refractivity contribution >= 4 is 17.3 Å². The maximum absolute atomic E-state index is 12.3. The molecule has 0 aliphatic carbocycles. The number of nitrogens with one attached hydrogen (secondary N) is 1. The van der Waals surface area contributed by atoms with Crippen molar-refractivity contribution in [3.63, 3.8) is 0 Å². The zero-order chi connectivity index (χ0) is 15.4. The highest BCUT2D eigenvalue weighted by Gasteiger charge is 2.23. The van der Waals surface area contributed by atoms with Crippen LogP contribution in [0.5, 0.6) is 0 Å². The van der Waals surface area contributed by atoms with Crippen molar-refractivity contribution in [1.82, 2.24) is 10.2 Å². The Labute approximate surface area is 123 Å². The molecule has 1 aliphatic rings. The van der Waals surface area contributed by atoms with E-state index in [0.717, 1.165) is 18.7 Å². The Kier molecular flexibility index (Phi) is 4.74. The number of nitro groups is 1. The summed E-state index contributed by atoms with van der Waals surface area (Å²) in [6.07, 6.45) is 0. The molecule has 1 saturated heterocycles. The Balaban J connectivity index is 2.14. The van der Waals surface area contributed by atoms with Crippen molar-refractivity contribution in [2.75, 3.05) is 44.7 Å². The van der Waals surface area contributed by atoms with Crippen LogP contribution in [0, 0.1) is 17.0 Å². The number of hydrogen-bond donors (Lipinski definition) is 1. The fourth-order valence-corrected chi connectivity index (χ4v) is 2.58. The summed E-state index contributed by atoms with van der Waals surface area (Å²) < 4.78 is 0. The van der Waals surface area contributed by atoms with Crippen LogP contribution in [0.3, 0.4) is 0 Å². The van der Waals surface area contributed by atoms with Crippen LogP contribution in [0.15, 0.2) is 18.2 Å². The summed E-state index contributed by atoms with van der Waals surface area (Å²) in [5, 5.41) is 14.3. The summed E-state index contributed by atoms with van der Waals surface area (Å²) in [7, 11) is 1.72. The van der Waals surface area contributed by atoms with Gasteiger partial charge >= 0.3 is 0 Å². The Morgan fingerprint density at radius 2 is 2.10 bits per heavy atom. The van der Waals surface area contributed by atoms with Gasteiger partial charge in [0, 0.05) is 39.3 Å². The number of aryl methyl sites for hydroxylation is 1. The normalized spacial score (nSPS) is 14.9. The number of para-hydroxylation sites is 1. The smallest absolute Gasteiger partial charge is 0.292 e. The van der Waals surface area contributed by atoms with Gasteiger partial charge in [-0.2, -0.15) is 0 Å². The summed E-state index contributed by atoms with van der Waals surface area (Å²) >= 11 is 0. The molecule has 1 heterocycles. The topological polar surface area (TPSA) is 78.7 Å². The molecular formula is C14H20N4O3. The van der Waals surface area contributed by atoms with Gasteiger partial charge in [-0.05, 0) is 12.5 Å². The van der Waals surface area contributed by atoms with Gasteiger partial charge in [0.2, 0.25) is 5.91 Å². The molecule has 1 amide bonds. The molecule has 0 radical (unpaired) electrons. The fourth-order valence-electron chi connectivity index (χ4n) is 2.58. The highest BCUT2D eigenvalue weighted by molar-refractivity contribution is 5.83. The van der Waals surface area contributed by atoms with E-state index in [9.17, 15) is 14.9 Å². The molecule has 1 fully saturated rings. The fraction of sp³-hybridized carbons (Fsp3) is 0.500. The molecule has 2 rings (SSSR count). The van der Waals surface area contributed by atoms with Gasteiger partial charge < -0.3 is 15.1 Å². The van der Waals surface area contributed by atoms with E-state index in [4.69, 9.17) is 0 Å². The molecule has 0 bridgehead atoms. The zero-order valence-electron chi connectivity index (χ0n) is 12.3. The first-order chi connectivity index (χ1) is 10.0. The molecule has 0 saturated carbocycles. The van der Waals surface area contributed by atoms with Crippen molar-refractivity contribution in [3.8, 4) is 0 Å². The number of benzene rings is 1. The lowest BCUT2D eigenvalue weighted by Gasteiger charge is -2.30. The first-order valence-corrected chi connectivity index (χ1v) is 6.94. The third kappa shape index (κ3) is 3.49. The van der Waals surface area contributed by atoms with Crippen molar-refractivity contribution in [3.05, 3.63) is 33.9 Å². The van der Waals surface area contributed by atoms with Crippen molar-refractivity contribution in [1.29, 1.82) is 0 Å². The molecule has 7 nitrogen and oxygen atoms in total. The maximum atomic E-state index is 12.3. The van der Waals surface area contributed by atoms with Crippen LogP contribution in [0.1, 0.15) is 5.56 Å². The number of amides is 1. The number of carbonyl (C=O) groups excluding carboxylic acids is 1. The maximum Gasteiger partial charge on any atom is 0.292 e. The van der Waals surface area contributed by atoms with E-state index in [-0.39, 0.29) is 18.1 Å². The summed E-state index contributed by atoms with van der Waals surface area (Å²) in [4.78, 5) is 26.4. The van der Waals surface area contributed by atoms with Crippen LogP contribution in [0.4, 0.5) is 11.4 Å². The minimum Gasteiger partial charge on any atom is -0.360 e. The lowest BCUT2D eigenvalue weighted by Crippen LogP contribution is -2.49. The van der Waals surface area contributed by atoms with Gasteiger partial charge in [0.05, 0.1) is 11.5 Å². The van der Waals surface area contributed by atoms with Crippen molar-refractivity contribution in [2.24, 2.45) is 0 Å². The number of rotatable bonds is 4.